The summed E-state index contributed by atoms with van der Waals surface area (Å²) < 4.78 is 14.3. The van der Waals surface area contributed by atoms with Gasteiger partial charge in [0.05, 0.1) is 5.92 Å². The molecule has 0 aromatic heterocycles. The lowest BCUT2D eigenvalue weighted by Crippen LogP contribution is -2.44. The number of halogens is 2. The molecule has 1 aliphatic carbocycles. The van der Waals surface area contributed by atoms with Crippen molar-refractivity contribution in [2.75, 3.05) is 0 Å². The second kappa shape index (κ2) is 5.94. The first-order chi connectivity index (χ1) is 10.8. The third kappa shape index (κ3) is 2.69. The third-order valence-corrected chi connectivity index (χ3v) is 5.44. The molecule has 0 spiro atoms. The van der Waals surface area contributed by atoms with Crippen LogP contribution in [0.5, 0.6) is 0 Å². The van der Waals surface area contributed by atoms with Gasteiger partial charge in [0, 0.05) is 20.6 Å². The minimum absolute atomic E-state index is 0.0992. The number of nitrogens with one attached hydrogen (secondary N) is 1. The van der Waals surface area contributed by atoms with Crippen molar-refractivity contribution in [2.45, 2.75) is 32.4 Å². The number of aliphatic hydroxyl groups is 1. The van der Waals surface area contributed by atoms with Gasteiger partial charge in [0.1, 0.15) is 12.0 Å². The Kier molecular flexibility index (Phi) is 4.26. The van der Waals surface area contributed by atoms with Crippen molar-refractivity contribution < 1.29 is 23.9 Å². The lowest BCUT2D eigenvalue weighted by Gasteiger charge is -2.26. The number of benzene rings is 1. The molecule has 2 aliphatic rings. The number of hydrogen-bond donors (Lipinski definition) is 2. The molecule has 1 heterocycles. The summed E-state index contributed by atoms with van der Waals surface area (Å²) in [7, 11) is 0. The van der Waals surface area contributed by atoms with Crippen molar-refractivity contribution >= 4 is 40.1 Å². The average Bonchev–Trinajstić information content (AvgIpc) is 2.72. The summed E-state index contributed by atoms with van der Waals surface area (Å²) in [6.07, 6.45) is 0.0412. The molecule has 23 heavy (non-hydrogen) atoms. The Morgan fingerprint density at radius 2 is 1.91 bits per heavy atom. The van der Waals surface area contributed by atoms with E-state index in [9.17, 15) is 23.9 Å². The minimum Gasteiger partial charge on any atom is -0.374 e. The van der Waals surface area contributed by atoms with Gasteiger partial charge in [-0.3, -0.25) is 14.4 Å². The molecule has 1 amide bonds. The number of aliphatic hydroxyl groups excluding tert-OH is 1. The Hall–Kier alpha value is -1.35. The number of piperidine rings is 1. The monoisotopic (exact) mass is 431 g/mol. The van der Waals surface area contributed by atoms with E-state index in [2.05, 4.69) is 5.32 Å². The molecule has 1 aromatic rings. The summed E-state index contributed by atoms with van der Waals surface area (Å²) >= 11 is 1.86. The summed E-state index contributed by atoms with van der Waals surface area (Å²) in [6, 6.07) is 1.26. The van der Waals surface area contributed by atoms with Gasteiger partial charge in [0.2, 0.25) is 5.91 Å². The highest BCUT2D eigenvalue weighted by molar-refractivity contribution is 14.1. The first-order valence-electron chi connectivity index (χ1n) is 7.36. The Labute approximate surface area is 145 Å². The topological polar surface area (TPSA) is 83.5 Å². The van der Waals surface area contributed by atoms with Crippen molar-refractivity contribution in [2.24, 2.45) is 11.8 Å². The Bertz CT molecular complexity index is 733. The summed E-state index contributed by atoms with van der Waals surface area (Å²) in [5.41, 5.74) is 0.612. The normalized spacial score (nSPS) is 27.1. The first-order valence-corrected chi connectivity index (χ1v) is 8.44. The zero-order valence-corrected chi connectivity index (χ0v) is 14.5. The van der Waals surface area contributed by atoms with Crippen LogP contribution in [0.4, 0.5) is 4.39 Å². The quantitative estimate of drug-likeness (QED) is 0.554. The Balaban J connectivity index is 1.91. The fraction of sp³-hybridized carbons (Fsp3) is 0.438. The number of rotatable bonds is 2. The van der Waals surface area contributed by atoms with Gasteiger partial charge in [0.15, 0.2) is 11.6 Å². The van der Waals surface area contributed by atoms with E-state index in [4.69, 9.17) is 0 Å². The van der Waals surface area contributed by atoms with Crippen LogP contribution in [0.15, 0.2) is 6.07 Å². The first kappa shape index (κ1) is 16.5. The molecular weight excluding hydrogens is 416 g/mol. The van der Waals surface area contributed by atoms with Gasteiger partial charge in [-0.2, -0.15) is 0 Å². The molecular formula is C16H15FINO4. The molecule has 1 saturated heterocycles. The maximum Gasteiger partial charge on any atom is 0.225 e. The van der Waals surface area contributed by atoms with E-state index >= 15 is 0 Å². The fourth-order valence-electron chi connectivity index (χ4n) is 3.30. The van der Waals surface area contributed by atoms with Crippen molar-refractivity contribution in [1.82, 2.24) is 5.32 Å². The van der Waals surface area contributed by atoms with Crippen LogP contribution in [-0.2, 0) is 4.79 Å². The second-order valence-corrected chi connectivity index (χ2v) is 7.19. The van der Waals surface area contributed by atoms with E-state index in [1.165, 1.54) is 13.0 Å². The minimum atomic E-state index is -0.940. The summed E-state index contributed by atoms with van der Waals surface area (Å²) in [5, 5.41) is 11.8. The molecule has 122 valence electrons. The van der Waals surface area contributed by atoms with E-state index < -0.39 is 29.7 Å². The van der Waals surface area contributed by atoms with Gasteiger partial charge in [-0.05, 0) is 60.4 Å². The Morgan fingerprint density at radius 1 is 1.26 bits per heavy atom. The third-order valence-electron chi connectivity index (χ3n) is 4.59. The molecule has 1 aliphatic heterocycles. The van der Waals surface area contributed by atoms with E-state index in [0.717, 1.165) is 0 Å². The van der Waals surface area contributed by atoms with Gasteiger partial charge >= 0.3 is 0 Å². The lowest BCUT2D eigenvalue weighted by molar-refractivity contribution is -0.131. The molecule has 7 heteroatoms. The number of ketones is 2. The summed E-state index contributed by atoms with van der Waals surface area (Å²) in [5.74, 6) is -3.03. The molecule has 0 radical (unpaired) electrons. The zero-order valence-electron chi connectivity index (χ0n) is 12.4. The van der Waals surface area contributed by atoms with Gasteiger partial charge in [-0.25, -0.2) is 4.39 Å². The molecule has 3 unspecified atom stereocenters. The highest BCUT2D eigenvalue weighted by Gasteiger charge is 2.44. The highest BCUT2D eigenvalue weighted by atomic mass is 127. The van der Waals surface area contributed by atoms with Gasteiger partial charge in [-0.15, -0.1) is 0 Å². The molecule has 1 fully saturated rings. The van der Waals surface area contributed by atoms with Crippen LogP contribution in [-0.4, -0.2) is 28.8 Å². The molecule has 1 aromatic carbocycles. The lowest BCUT2D eigenvalue weighted by atomic mass is 9.85. The molecule has 0 bridgehead atoms. The number of carbonyl (C=O) groups excluding carboxylic acids is 3. The van der Waals surface area contributed by atoms with Crippen molar-refractivity contribution in [1.29, 1.82) is 0 Å². The number of fused-ring (bicyclic) bond motifs is 1. The van der Waals surface area contributed by atoms with Crippen molar-refractivity contribution in [3.63, 3.8) is 0 Å². The zero-order chi connectivity index (χ0) is 16.9. The standard InChI is InChI=1S/C16H15FINO4/c1-6-9(17)5-10(18)13-12(6)14(21)8(15(13)22)4-7-2-3-11(20)19-16(7)23/h5,7-8,11,20H,2-4H2,1H3,(H,19,23). The predicted molar refractivity (Wildman–Crippen MR) is 87.5 cm³/mol. The van der Waals surface area contributed by atoms with Crippen molar-refractivity contribution in [3.8, 4) is 0 Å². The van der Waals surface area contributed by atoms with E-state index in [0.29, 0.717) is 16.4 Å². The van der Waals surface area contributed by atoms with Crippen LogP contribution in [0.1, 0.15) is 45.5 Å². The van der Waals surface area contributed by atoms with Crippen LogP contribution in [0.25, 0.3) is 0 Å². The summed E-state index contributed by atoms with van der Waals surface area (Å²) in [6.45, 7) is 1.49. The van der Waals surface area contributed by atoms with Crippen LogP contribution >= 0.6 is 22.6 Å². The van der Waals surface area contributed by atoms with E-state index in [-0.39, 0.29) is 34.8 Å². The highest BCUT2D eigenvalue weighted by Crippen LogP contribution is 2.37. The van der Waals surface area contributed by atoms with E-state index in [1.54, 1.807) is 0 Å². The Morgan fingerprint density at radius 3 is 2.57 bits per heavy atom. The van der Waals surface area contributed by atoms with Crippen LogP contribution in [0.3, 0.4) is 0 Å². The number of carbonyl (C=O) groups is 3. The number of Topliss-reactive ketones (excluding diaryl/α,β-unsaturated/α-hetero) is 2. The second-order valence-electron chi connectivity index (χ2n) is 6.03. The maximum atomic E-state index is 13.9. The molecule has 5 nitrogen and oxygen atoms in total. The smallest absolute Gasteiger partial charge is 0.225 e. The van der Waals surface area contributed by atoms with Gasteiger partial charge in [0.25, 0.3) is 0 Å². The average molecular weight is 431 g/mol. The van der Waals surface area contributed by atoms with E-state index in [1.807, 2.05) is 22.6 Å². The molecule has 3 rings (SSSR count). The van der Waals surface area contributed by atoms with Crippen LogP contribution in [0, 0.1) is 28.1 Å². The predicted octanol–water partition coefficient (Wildman–Crippen LogP) is 1.97. The number of amides is 1. The SMILES string of the molecule is Cc1c(F)cc(I)c2c1C(=O)C(CC1CCC(O)NC1=O)C2=O. The van der Waals surface area contributed by atoms with Crippen molar-refractivity contribution in [3.05, 3.63) is 32.1 Å². The van der Waals surface area contributed by atoms with Crippen LogP contribution < -0.4 is 5.32 Å². The largest absolute Gasteiger partial charge is 0.374 e. The molecule has 0 saturated carbocycles. The van der Waals surface area contributed by atoms with Gasteiger partial charge < -0.3 is 10.4 Å². The fourth-order valence-corrected chi connectivity index (χ4v) is 4.11. The molecule has 3 atom stereocenters. The van der Waals surface area contributed by atoms with Crippen LogP contribution in [0.2, 0.25) is 0 Å². The van der Waals surface area contributed by atoms with Gasteiger partial charge in [-0.1, -0.05) is 0 Å². The molecule has 2 N–H and O–H groups in total. The summed E-state index contributed by atoms with van der Waals surface area (Å²) in [4.78, 5) is 37.1. The maximum absolute atomic E-state index is 13.9. The number of hydrogen-bond acceptors (Lipinski definition) is 4.